The summed E-state index contributed by atoms with van der Waals surface area (Å²) >= 11 is 5.88. The van der Waals surface area contributed by atoms with E-state index in [4.69, 9.17) is 22.1 Å². The van der Waals surface area contributed by atoms with Gasteiger partial charge >= 0.3 is 6.18 Å². The smallest absolute Gasteiger partial charge is 0.386 e. The maximum Gasteiger partial charge on any atom is 0.416 e. The number of alkyl halides is 3. The minimum atomic E-state index is -4.46. The molecule has 3 nitrogen and oxygen atoms in total. The Morgan fingerprint density at radius 3 is 2.60 bits per heavy atom. The Bertz CT molecular complexity index is 835. The van der Waals surface area contributed by atoms with Crippen LogP contribution in [0.15, 0.2) is 47.5 Å². The van der Waals surface area contributed by atoms with Gasteiger partial charge in [-0.3, -0.25) is 4.99 Å². The molecule has 25 heavy (non-hydrogen) atoms. The van der Waals surface area contributed by atoms with E-state index in [0.717, 1.165) is 17.7 Å². The zero-order valence-corrected chi connectivity index (χ0v) is 14.2. The predicted molar refractivity (Wildman–Crippen MR) is 91.7 cm³/mol. The van der Waals surface area contributed by atoms with Crippen molar-refractivity contribution in [2.45, 2.75) is 18.6 Å². The number of aliphatic imine (C=N–C) groups is 1. The molecule has 0 aliphatic carbocycles. The molecule has 2 aromatic carbocycles. The number of nitrogens with two attached hydrogens (primary N) is 1. The van der Waals surface area contributed by atoms with Crippen molar-refractivity contribution in [3.63, 3.8) is 0 Å². The molecule has 1 aliphatic heterocycles. The number of ether oxygens (including phenoxy) is 1. The number of amidine groups is 1. The second-order valence-electron chi connectivity index (χ2n) is 6.18. The van der Waals surface area contributed by atoms with Crippen LogP contribution in [0.2, 0.25) is 5.02 Å². The summed E-state index contributed by atoms with van der Waals surface area (Å²) in [4.78, 5) is 4.46. The highest BCUT2D eigenvalue weighted by Crippen LogP contribution is 2.36. The summed E-state index contributed by atoms with van der Waals surface area (Å²) in [6.45, 7) is 2.50. The maximum absolute atomic E-state index is 13.0. The summed E-state index contributed by atoms with van der Waals surface area (Å²) in [6.07, 6.45) is -4.46. The SMILES string of the molecule is CC1(c2cccc(-c3cc(Cl)cc(C(F)(F)F)c3)c2)COCC(N)=N1. The highest BCUT2D eigenvalue weighted by molar-refractivity contribution is 6.31. The molecule has 2 aromatic rings. The Balaban J connectivity index is 2.06. The third-order valence-corrected chi connectivity index (χ3v) is 4.28. The lowest BCUT2D eigenvalue weighted by molar-refractivity contribution is -0.137. The second kappa shape index (κ2) is 6.35. The molecule has 0 saturated heterocycles. The van der Waals surface area contributed by atoms with Crippen molar-refractivity contribution in [1.82, 2.24) is 0 Å². The van der Waals surface area contributed by atoms with Crippen LogP contribution >= 0.6 is 11.6 Å². The molecule has 3 rings (SSSR count). The first kappa shape index (κ1) is 17.8. The Hall–Kier alpha value is -2.05. The molecule has 0 amide bonds. The van der Waals surface area contributed by atoms with Gasteiger partial charge in [0.1, 0.15) is 18.0 Å². The van der Waals surface area contributed by atoms with Crippen LogP contribution in [0.25, 0.3) is 11.1 Å². The molecule has 1 unspecified atom stereocenters. The first-order valence-electron chi connectivity index (χ1n) is 7.58. The van der Waals surface area contributed by atoms with E-state index in [9.17, 15) is 13.2 Å². The third-order valence-electron chi connectivity index (χ3n) is 4.07. The second-order valence-corrected chi connectivity index (χ2v) is 6.61. The van der Waals surface area contributed by atoms with Gasteiger partial charge < -0.3 is 10.5 Å². The molecule has 0 saturated carbocycles. The van der Waals surface area contributed by atoms with Gasteiger partial charge in [0.05, 0.1) is 12.2 Å². The highest BCUT2D eigenvalue weighted by Gasteiger charge is 2.32. The van der Waals surface area contributed by atoms with E-state index in [-0.39, 0.29) is 11.6 Å². The molecule has 2 N–H and O–H groups in total. The monoisotopic (exact) mass is 368 g/mol. The summed E-state index contributed by atoms with van der Waals surface area (Å²) in [7, 11) is 0. The minimum Gasteiger partial charge on any atom is -0.386 e. The normalized spacial score (nSPS) is 21.1. The Morgan fingerprint density at radius 1 is 1.16 bits per heavy atom. The van der Waals surface area contributed by atoms with Crippen LogP contribution in [-0.4, -0.2) is 19.0 Å². The molecule has 132 valence electrons. The van der Waals surface area contributed by atoms with Crippen LogP contribution in [0.1, 0.15) is 18.1 Å². The molecule has 1 atom stereocenters. The fraction of sp³-hybridized carbons (Fsp3) is 0.278. The van der Waals surface area contributed by atoms with E-state index < -0.39 is 17.3 Å². The van der Waals surface area contributed by atoms with Crippen LogP contribution in [0.5, 0.6) is 0 Å². The number of halogens is 4. The Kier molecular flexibility index (Phi) is 4.51. The average molecular weight is 369 g/mol. The molecular weight excluding hydrogens is 353 g/mol. The lowest BCUT2D eigenvalue weighted by Gasteiger charge is -2.30. The van der Waals surface area contributed by atoms with Crippen molar-refractivity contribution in [1.29, 1.82) is 0 Å². The number of nitrogens with zero attached hydrogens (tertiary/aromatic N) is 1. The van der Waals surface area contributed by atoms with Crippen molar-refractivity contribution >= 4 is 17.4 Å². The van der Waals surface area contributed by atoms with Gasteiger partial charge in [-0.25, -0.2) is 0 Å². The Morgan fingerprint density at radius 2 is 1.92 bits per heavy atom. The lowest BCUT2D eigenvalue weighted by atomic mass is 9.90. The Labute approximate surface area is 148 Å². The molecule has 0 fully saturated rings. The number of hydrogen-bond acceptors (Lipinski definition) is 3. The van der Waals surface area contributed by atoms with Crippen molar-refractivity contribution in [2.75, 3.05) is 13.2 Å². The van der Waals surface area contributed by atoms with Crippen molar-refractivity contribution in [3.8, 4) is 11.1 Å². The van der Waals surface area contributed by atoms with Gasteiger partial charge in [0.25, 0.3) is 0 Å². The van der Waals surface area contributed by atoms with Crippen LogP contribution in [0, 0.1) is 0 Å². The fourth-order valence-electron chi connectivity index (χ4n) is 2.84. The van der Waals surface area contributed by atoms with Crippen LogP contribution in [-0.2, 0) is 16.5 Å². The molecule has 0 aromatic heterocycles. The van der Waals surface area contributed by atoms with Crippen molar-refractivity contribution in [3.05, 3.63) is 58.6 Å². The van der Waals surface area contributed by atoms with Crippen molar-refractivity contribution in [2.24, 2.45) is 10.7 Å². The first-order chi connectivity index (χ1) is 11.7. The van der Waals surface area contributed by atoms with Gasteiger partial charge in [-0.15, -0.1) is 0 Å². The van der Waals surface area contributed by atoms with E-state index in [2.05, 4.69) is 4.99 Å². The predicted octanol–water partition coefficient (Wildman–Crippen LogP) is 4.63. The van der Waals surface area contributed by atoms with Gasteiger partial charge in [-0.2, -0.15) is 13.2 Å². The van der Waals surface area contributed by atoms with Crippen molar-refractivity contribution < 1.29 is 17.9 Å². The number of rotatable bonds is 2. The van der Waals surface area contributed by atoms with E-state index in [1.54, 1.807) is 18.2 Å². The van der Waals surface area contributed by atoms with E-state index >= 15 is 0 Å². The molecule has 0 spiro atoms. The van der Waals surface area contributed by atoms with Crippen LogP contribution in [0.3, 0.4) is 0 Å². The van der Waals surface area contributed by atoms with E-state index in [1.165, 1.54) is 6.07 Å². The lowest BCUT2D eigenvalue weighted by Crippen LogP contribution is -2.37. The molecule has 7 heteroatoms. The van der Waals surface area contributed by atoms with Crippen LogP contribution < -0.4 is 5.73 Å². The quantitative estimate of drug-likeness (QED) is 0.840. The van der Waals surface area contributed by atoms with Gasteiger partial charge in [0.2, 0.25) is 0 Å². The van der Waals surface area contributed by atoms with Gasteiger partial charge in [-0.1, -0.05) is 29.8 Å². The highest BCUT2D eigenvalue weighted by atomic mass is 35.5. The van der Waals surface area contributed by atoms with Gasteiger partial charge in [0, 0.05) is 5.02 Å². The average Bonchev–Trinajstić information content (AvgIpc) is 2.53. The van der Waals surface area contributed by atoms with Crippen LogP contribution in [0.4, 0.5) is 13.2 Å². The molecule has 1 heterocycles. The summed E-state index contributed by atoms with van der Waals surface area (Å²) in [5.74, 6) is 0.390. The maximum atomic E-state index is 13.0. The zero-order valence-electron chi connectivity index (χ0n) is 13.4. The number of benzene rings is 2. The van der Waals surface area contributed by atoms with E-state index in [0.29, 0.717) is 23.6 Å². The van der Waals surface area contributed by atoms with Gasteiger partial charge in [0.15, 0.2) is 0 Å². The van der Waals surface area contributed by atoms with E-state index in [1.807, 2.05) is 13.0 Å². The third kappa shape index (κ3) is 3.80. The summed E-state index contributed by atoms with van der Waals surface area (Å²) in [5.41, 5.74) is 6.12. The standard InChI is InChI=1S/C18H16ClF3N2O/c1-17(10-25-9-16(23)24-17)13-4-2-3-11(5-13)12-6-14(18(20,21)22)8-15(19)7-12/h2-8H,9-10H2,1H3,(H2,23,24). The topological polar surface area (TPSA) is 47.6 Å². The molecular formula is C18H16ClF3N2O. The molecule has 1 aliphatic rings. The first-order valence-corrected chi connectivity index (χ1v) is 7.96. The summed E-state index contributed by atoms with van der Waals surface area (Å²) in [5, 5.41) is 0.0321. The molecule has 0 bridgehead atoms. The summed E-state index contributed by atoms with van der Waals surface area (Å²) in [6, 6.07) is 10.6. The molecule has 0 radical (unpaired) electrons. The largest absolute Gasteiger partial charge is 0.416 e. The van der Waals surface area contributed by atoms with Gasteiger partial charge in [-0.05, 0) is 47.9 Å². The summed E-state index contributed by atoms with van der Waals surface area (Å²) < 4.78 is 44.5. The zero-order chi connectivity index (χ0) is 18.2. The minimum absolute atomic E-state index is 0.0321. The fourth-order valence-corrected chi connectivity index (χ4v) is 3.07. The number of hydrogen-bond donors (Lipinski definition) is 1.